The van der Waals surface area contributed by atoms with Crippen LogP contribution in [-0.2, 0) is 9.53 Å². The largest absolute Gasteiger partial charge is 0.469 e. The summed E-state index contributed by atoms with van der Waals surface area (Å²) in [7, 11) is 1.39. The first-order valence-corrected chi connectivity index (χ1v) is 6.45. The molecule has 0 bridgehead atoms. The number of nitro benzene ring substituents is 1. The summed E-state index contributed by atoms with van der Waals surface area (Å²) in [5.74, 6) is -0.363. The second-order valence-electron chi connectivity index (χ2n) is 4.87. The smallest absolute Gasteiger partial charge is 0.309 e. The fraction of sp³-hybridized carbons (Fsp3) is 0.500. The van der Waals surface area contributed by atoms with Gasteiger partial charge >= 0.3 is 5.97 Å². The van der Waals surface area contributed by atoms with E-state index < -0.39 is 4.92 Å². The van der Waals surface area contributed by atoms with Crippen LogP contribution >= 0.6 is 0 Å². The van der Waals surface area contributed by atoms with Gasteiger partial charge in [0.05, 0.1) is 18.0 Å². The molecule has 1 aromatic rings. The van der Waals surface area contributed by atoms with Crippen molar-refractivity contribution in [3.63, 3.8) is 0 Å². The van der Waals surface area contributed by atoms with Crippen LogP contribution in [0.5, 0.6) is 0 Å². The van der Waals surface area contributed by atoms with Gasteiger partial charge in [-0.2, -0.15) is 0 Å². The Kier molecular flexibility index (Phi) is 4.14. The highest BCUT2D eigenvalue weighted by Crippen LogP contribution is 2.39. The van der Waals surface area contributed by atoms with Gasteiger partial charge in [0.1, 0.15) is 0 Å². The maximum absolute atomic E-state index is 11.8. The first-order valence-electron chi connectivity index (χ1n) is 6.45. The zero-order chi connectivity index (χ0) is 13.8. The second kappa shape index (κ2) is 5.82. The van der Waals surface area contributed by atoms with Crippen molar-refractivity contribution in [1.82, 2.24) is 0 Å². The molecule has 0 aliphatic heterocycles. The van der Waals surface area contributed by atoms with Gasteiger partial charge in [-0.1, -0.05) is 25.0 Å². The topological polar surface area (TPSA) is 69.4 Å². The molecule has 0 aromatic heterocycles. The van der Waals surface area contributed by atoms with Crippen molar-refractivity contribution >= 4 is 11.7 Å². The summed E-state index contributed by atoms with van der Waals surface area (Å²) >= 11 is 0. The molecule has 0 amide bonds. The fourth-order valence-electron chi connectivity index (χ4n) is 2.83. The molecular weight excluding hydrogens is 246 g/mol. The molecule has 102 valence electrons. The van der Waals surface area contributed by atoms with Crippen LogP contribution in [0, 0.1) is 16.0 Å². The number of non-ortho nitro benzene ring substituents is 1. The predicted octanol–water partition coefficient (Wildman–Crippen LogP) is 3.04. The molecule has 0 heterocycles. The molecular formula is C14H17NO4. The van der Waals surface area contributed by atoms with Crippen molar-refractivity contribution in [2.24, 2.45) is 5.92 Å². The SMILES string of the molecule is COC(=O)C1CCCCC1c1cccc([N+](=O)[O-])c1. The maximum Gasteiger partial charge on any atom is 0.309 e. The fourth-order valence-corrected chi connectivity index (χ4v) is 2.83. The molecule has 0 saturated heterocycles. The number of nitro groups is 1. The minimum absolute atomic E-state index is 0.0288. The maximum atomic E-state index is 11.8. The number of rotatable bonds is 3. The monoisotopic (exact) mass is 263 g/mol. The Morgan fingerprint density at radius 2 is 2.11 bits per heavy atom. The lowest BCUT2D eigenvalue weighted by Crippen LogP contribution is -2.26. The number of esters is 1. The zero-order valence-electron chi connectivity index (χ0n) is 10.9. The summed E-state index contributed by atoms with van der Waals surface area (Å²) in [5.41, 5.74) is 0.941. The molecule has 2 rings (SSSR count). The number of carbonyl (C=O) groups excluding carboxylic acids is 1. The van der Waals surface area contributed by atoms with Crippen molar-refractivity contribution in [3.05, 3.63) is 39.9 Å². The van der Waals surface area contributed by atoms with E-state index in [0.717, 1.165) is 31.2 Å². The highest BCUT2D eigenvalue weighted by molar-refractivity contribution is 5.73. The second-order valence-corrected chi connectivity index (χ2v) is 4.87. The molecule has 0 N–H and O–H groups in total. The molecule has 1 aliphatic rings. The van der Waals surface area contributed by atoms with E-state index in [0.29, 0.717) is 0 Å². The minimum atomic E-state index is -0.403. The van der Waals surface area contributed by atoms with Gasteiger partial charge in [0, 0.05) is 12.1 Å². The summed E-state index contributed by atoms with van der Waals surface area (Å²) in [6.45, 7) is 0. The molecule has 19 heavy (non-hydrogen) atoms. The Hall–Kier alpha value is -1.91. The third-order valence-electron chi connectivity index (χ3n) is 3.78. The summed E-state index contributed by atoms with van der Waals surface area (Å²) in [6.07, 6.45) is 3.72. The Balaban J connectivity index is 2.29. The average Bonchev–Trinajstić information content (AvgIpc) is 2.46. The Morgan fingerprint density at radius 3 is 2.79 bits per heavy atom. The van der Waals surface area contributed by atoms with Crippen LogP contribution in [0.4, 0.5) is 5.69 Å². The van der Waals surface area contributed by atoms with E-state index in [1.807, 2.05) is 6.07 Å². The third-order valence-corrected chi connectivity index (χ3v) is 3.78. The molecule has 0 spiro atoms. The van der Waals surface area contributed by atoms with Crippen LogP contribution in [0.1, 0.15) is 37.2 Å². The Morgan fingerprint density at radius 1 is 1.37 bits per heavy atom. The molecule has 1 aliphatic carbocycles. The minimum Gasteiger partial charge on any atom is -0.469 e. The van der Waals surface area contributed by atoms with Crippen LogP contribution in [0.25, 0.3) is 0 Å². The zero-order valence-corrected chi connectivity index (χ0v) is 10.9. The molecule has 5 nitrogen and oxygen atoms in total. The molecule has 2 atom stereocenters. The van der Waals surface area contributed by atoms with E-state index in [-0.39, 0.29) is 23.5 Å². The Bertz CT molecular complexity index is 486. The van der Waals surface area contributed by atoms with Crippen molar-refractivity contribution in [1.29, 1.82) is 0 Å². The predicted molar refractivity (Wildman–Crippen MR) is 69.8 cm³/mol. The number of nitrogens with zero attached hydrogens (tertiary/aromatic N) is 1. The van der Waals surface area contributed by atoms with E-state index >= 15 is 0 Å². The number of benzene rings is 1. The summed E-state index contributed by atoms with van der Waals surface area (Å²) in [6, 6.07) is 6.58. The van der Waals surface area contributed by atoms with E-state index in [9.17, 15) is 14.9 Å². The summed E-state index contributed by atoms with van der Waals surface area (Å²) in [4.78, 5) is 22.2. The Labute approximate surface area is 111 Å². The van der Waals surface area contributed by atoms with Gasteiger partial charge in [0.2, 0.25) is 0 Å². The van der Waals surface area contributed by atoms with Crippen LogP contribution in [0.2, 0.25) is 0 Å². The number of hydrogen-bond acceptors (Lipinski definition) is 4. The van der Waals surface area contributed by atoms with Gasteiger partial charge in [0.25, 0.3) is 5.69 Å². The normalized spacial score (nSPS) is 22.8. The number of methoxy groups -OCH3 is 1. The van der Waals surface area contributed by atoms with E-state index in [4.69, 9.17) is 4.74 Å². The highest BCUT2D eigenvalue weighted by atomic mass is 16.6. The number of ether oxygens (including phenoxy) is 1. The molecule has 1 aromatic carbocycles. The van der Waals surface area contributed by atoms with Gasteiger partial charge < -0.3 is 4.74 Å². The number of carbonyl (C=O) groups is 1. The van der Waals surface area contributed by atoms with E-state index in [1.54, 1.807) is 12.1 Å². The van der Waals surface area contributed by atoms with Gasteiger partial charge in [-0.15, -0.1) is 0 Å². The molecule has 1 saturated carbocycles. The number of hydrogen-bond donors (Lipinski definition) is 0. The molecule has 5 heteroatoms. The van der Waals surface area contributed by atoms with Crippen LogP contribution in [0.15, 0.2) is 24.3 Å². The quantitative estimate of drug-likeness (QED) is 0.477. The standard InChI is InChI=1S/C14H17NO4/c1-19-14(16)13-8-3-2-7-12(13)10-5-4-6-11(9-10)15(17)18/h4-6,9,12-13H,2-3,7-8H2,1H3. The molecule has 1 fully saturated rings. The van der Waals surface area contributed by atoms with Gasteiger partial charge in [-0.25, -0.2) is 0 Å². The van der Waals surface area contributed by atoms with Crippen LogP contribution in [-0.4, -0.2) is 18.0 Å². The van der Waals surface area contributed by atoms with E-state index in [1.165, 1.54) is 13.2 Å². The van der Waals surface area contributed by atoms with Gasteiger partial charge in [0.15, 0.2) is 0 Å². The average molecular weight is 263 g/mol. The third kappa shape index (κ3) is 2.92. The first-order chi connectivity index (χ1) is 9.13. The summed E-state index contributed by atoms with van der Waals surface area (Å²) in [5, 5.41) is 10.8. The molecule has 2 unspecified atom stereocenters. The lowest BCUT2D eigenvalue weighted by atomic mass is 9.75. The van der Waals surface area contributed by atoms with Crippen molar-refractivity contribution in [2.75, 3.05) is 7.11 Å². The lowest BCUT2D eigenvalue weighted by Gasteiger charge is -2.29. The van der Waals surface area contributed by atoms with Crippen LogP contribution in [0.3, 0.4) is 0 Å². The van der Waals surface area contributed by atoms with Crippen molar-refractivity contribution < 1.29 is 14.5 Å². The van der Waals surface area contributed by atoms with Crippen molar-refractivity contribution in [2.45, 2.75) is 31.6 Å². The lowest BCUT2D eigenvalue weighted by molar-refractivity contribution is -0.384. The van der Waals surface area contributed by atoms with E-state index in [2.05, 4.69) is 0 Å². The highest BCUT2D eigenvalue weighted by Gasteiger charge is 2.33. The first kappa shape index (κ1) is 13.5. The summed E-state index contributed by atoms with van der Waals surface area (Å²) < 4.78 is 4.85. The van der Waals surface area contributed by atoms with Gasteiger partial charge in [-0.3, -0.25) is 14.9 Å². The molecule has 0 radical (unpaired) electrons. The van der Waals surface area contributed by atoms with Crippen molar-refractivity contribution in [3.8, 4) is 0 Å². The van der Waals surface area contributed by atoms with Crippen LogP contribution < -0.4 is 0 Å². The van der Waals surface area contributed by atoms with Gasteiger partial charge in [-0.05, 0) is 24.3 Å².